The van der Waals surface area contributed by atoms with Gasteiger partial charge in [0, 0.05) is 35.5 Å². The van der Waals surface area contributed by atoms with Gasteiger partial charge >= 0.3 is 0 Å². The lowest BCUT2D eigenvalue weighted by Gasteiger charge is -2.30. The Balaban J connectivity index is 1.75. The zero-order chi connectivity index (χ0) is 21.5. The molecule has 2 N–H and O–H groups in total. The summed E-state index contributed by atoms with van der Waals surface area (Å²) in [5.74, 6) is 0.260. The molecule has 1 aliphatic heterocycles. The van der Waals surface area contributed by atoms with Gasteiger partial charge in [0.1, 0.15) is 12.4 Å². The number of aryl methyl sites for hydroxylation is 1. The second-order valence-corrected chi connectivity index (χ2v) is 9.27. The smallest absolute Gasteiger partial charge is 0.248 e. The van der Waals surface area contributed by atoms with Crippen LogP contribution in [-0.4, -0.2) is 35.6 Å². The van der Waals surface area contributed by atoms with Crippen molar-refractivity contribution in [3.63, 3.8) is 0 Å². The number of ketones is 1. The Morgan fingerprint density at radius 2 is 2.07 bits per heavy atom. The van der Waals surface area contributed by atoms with E-state index in [1.165, 1.54) is 0 Å². The van der Waals surface area contributed by atoms with E-state index in [9.17, 15) is 9.59 Å². The number of carbonyl (C=O) groups excluding carboxylic acids is 2. The number of primary amides is 1. The van der Waals surface area contributed by atoms with Crippen molar-refractivity contribution in [3.8, 4) is 11.4 Å². The Kier molecular flexibility index (Phi) is 5.45. The van der Waals surface area contributed by atoms with Gasteiger partial charge in [-0.05, 0) is 62.3 Å². The molecule has 1 aromatic carbocycles. The normalized spacial score (nSPS) is 20.6. The minimum Gasteiger partial charge on any atom is -0.489 e. The first-order chi connectivity index (χ1) is 14.2. The third kappa shape index (κ3) is 4.01. The van der Waals surface area contributed by atoms with E-state index in [4.69, 9.17) is 15.2 Å². The van der Waals surface area contributed by atoms with E-state index in [0.29, 0.717) is 24.3 Å². The maximum absolute atomic E-state index is 12.7. The van der Waals surface area contributed by atoms with Crippen LogP contribution in [0.2, 0.25) is 0 Å². The van der Waals surface area contributed by atoms with Gasteiger partial charge in [0.05, 0.1) is 11.8 Å². The number of nitrogens with zero attached hydrogens (tertiary/aromatic N) is 1. The topological polar surface area (TPSA) is 83.6 Å². The number of amides is 1. The predicted molar refractivity (Wildman–Crippen MR) is 115 cm³/mol. The van der Waals surface area contributed by atoms with E-state index < -0.39 is 5.91 Å². The fraction of sp³-hybridized carbons (Fsp3) is 0.500. The van der Waals surface area contributed by atoms with Crippen molar-refractivity contribution < 1.29 is 19.1 Å². The van der Waals surface area contributed by atoms with Gasteiger partial charge in [0.15, 0.2) is 5.78 Å². The minimum atomic E-state index is -0.497. The second kappa shape index (κ2) is 7.91. The standard InChI is InChI=1S/C24H30N2O4/c1-15-10-18-20(12-24(2,3)13-21(18)27)26(15)19-8-7-16(23(25)28)11-22(19)30-14-17-6-4-5-9-29-17/h7-8,10-11,17H,4-6,9,12-14H2,1-3H3,(H2,25,28). The van der Waals surface area contributed by atoms with Crippen molar-refractivity contribution in [3.05, 3.63) is 46.8 Å². The van der Waals surface area contributed by atoms with Gasteiger partial charge in [-0.15, -0.1) is 0 Å². The van der Waals surface area contributed by atoms with Gasteiger partial charge in [-0.3, -0.25) is 9.59 Å². The highest BCUT2D eigenvalue weighted by Crippen LogP contribution is 2.39. The van der Waals surface area contributed by atoms with Crippen molar-refractivity contribution in [1.82, 2.24) is 4.57 Å². The van der Waals surface area contributed by atoms with Crippen LogP contribution in [0.3, 0.4) is 0 Å². The molecule has 30 heavy (non-hydrogen) atoms. The Morgan fingerprint density at radius 1 is 1.27 bits per heavy atom. The third-order valence-electron chi connectivity index (χ3n) is 6.06. The number of ether oxygens (including phenoxy) is 2. The van der Waals surface area contributed by atoms with E-state index in [-0.39, 0.29) is 17.3 Å². The number of nitrogens with two attached hydrogens (primary N) is 1. The average Bonchev–Trinajstić information content (AvgIpc) is 3.02. The van der Waals surface area contributed by atoms with Gasteiger partial charge in [0.25, 0.3) is 0 Å². The zero-order valence-electron chi connectivity index (χ0n) is 18.0. The van der Waals surface area contributed by atoms with Crippen molar-refractivity contribution in [2.24, 2.45) is 11.1 Å². The highest BCUT2D eigenvalue weighted by molar-refractivity contribution is 5.99. The van der Waals surface area contributed by atoms with Crippen molar-refractivity contribution in [1.29, 1.82) is 0 Å². The molecule has 1 unspecified atom stereocenters. The SMILES string of the molecule is Cc1cc2c(n1-c1ccc(C(N)=O)cc1OCC1CCCCO1)CC(C)(C)CC2=O. The molecule has 4 rings (SSSR count). The molecule has 1 saturated heterocycles. The molecule has 1 aromatic heterocycles. The lowest BCUT2D eigenvalue weighted by molar-refractivity contribution is -0.0110. The first-order valence-electron chi connectivity index (χ1n) is 10.7. The predicted octanol–water partition coefficient (Wildman–Crippen LogP) is 3.99. The van der Waals surface area contributed by atoms with Gasteiger partial charge < -0.3 is 19.8 Å². The van der Waals surface area contributed by atoms with Gasteiger partial charge in [0.2, 0.25) is 5.91 Å². The minimum absolute atomic E-state index is 0.0454. The van der Waals surface area contributed by atoms with Crippen LogP contribution in [0.25, 0.3) is 5.69 Å². The van der Waals surface area contributed by atoms with Crippen LogP contribution in [0.15, 0.2) is 24.3 Å². The van der Waals surface area contributed by atoms with E-state index in [1.54, 1.807) is 12.1 Å². The molecular formula is C24H30N2O4. The summed E-state index contributed by atoms with van der Waals surface area (Å²) in [5.41, 5.74) is 9.38. The number of hydrogen-bond donors (Lipinski definition) is 1. The molecule has 1 amide bonds. The molecule has 0 saturated carbocycles. The monoisotopic (exact) mass is 410 g/mol. The first kappa shape index (κ1) is 20.7. The Hall–Kier alpha value is -2.60. The fourth-order valence-corrected chi connectivity index (χ4v) is 4.58. The summed E-state index contributed by atoms with van der Waals surface area (Å²) in [6.45, 7) is 7.41. The van der Waals surface area contributed by atoms with E-state index in [1.807, 2.05) is 19.1 Å². The van der Waals surface area contributed by atoms with Crippen LogP contribution < -0.4 is 10.5 Å². The van der Waals surface area contributed by atoms with Crippen LogP contribution in [0.5, 0.6) is 5.75 Å². The molecule has 0 bridgehead atoms. The third-order valence-corrected chi connectivity index (χ3v) is 6.06. The number of benzene rings is 1. The molecular weight excluding hydrogens is 380 g/mol. The summed E-state index contributed by atoms with van der Waals surface area (Å²) in [6, 6.07) is 7.23. The fourth-order valence-electron chi connectivity index (χ4n) is 4.58. The number of aromatic nitrogens is 1. The summed E-state index contributed by atoms with van der Waals surface area (Å²) >= 11 is 0. The number of hydrogen-bond acceptors (Lipinski definition) is 4. The van der Waals surface area contributed by atoms with Crippen LogP contribution in [-0.2, 0) is 11.2 Å². The quantitative estimate of drug-likeness (QED) is 0.808. The van der Waals surface area contributed by atoms with E-state index >= 15 is 0 Å². The molecule has 160 valence electrons. The second-order valence-electron chi connectivity index (χ2n) is 9.27. The average molecular weight is 411 g/mol. The Labute approximate surface area is 177 Å². The molecule has 1 fully saturated rings. The highest BCUT2D eigenvalue weighted by Gasteiger charge is 2.34. The van der Waals surface area contributed by atoms with Crippen molar-refractivity contribution >= 4 is 11.7 Å². The Bertz CT molecular complexity index is 983. The summed E-state index contributed by atoms with van der Waals surface area (Å²) in [7, 11) is 0. The van der Waals surface area contributed by atoms with Crippen LogP contribution in [0.1, 0.15) is 71.6 Å². The number of fused-ring (bicyclic) bond motifs is 1. The first-order valence-corrected chi connectivity index (χ1v) is 10.7. The number of rotatable bonds is 5. The Morgan fingerprint density at radius 3 is 2.77 bits per heavy atom. The molecule has 2 aromatic rings. The summed E-state index contributed by atoms with van der Waals surface area (Å²) < 4.78 is 14.1. The molecule has 2 heterocycles. The molecule has 0 radical (unpaired) electrons. The summed E-state index contributed by atoms with van der Waals surface area (Å²) in [4.78, 5) is 24.5. The van der Waals surface area contributed by atoms with Gasteiger partial charge in [-0.1, -0.05) is 13.8 Å². The maximum atomic E-state index is 12.7. The molecule has 6 nitrogen and oxygen atoms in total. The number of Topliss-reactive ketones (excluding diaryl/α,β-unsaturated/α-hetero) is 1. The molecule has 1 atom stereocenters. The molecule has 2 aliphatic rings. The summed E-state index contributed by atoms with van der Waals surface area (Å²) in [6.07, 6.45) is 4.56. The largest absolute Gasteiger partial charge is 0.489 e. The van der Waals surface area contributed by atoms with Gasteiger partial charge in [-0.25, -0.2) is 0 Å². The van der Waals surface area contributed by atoms with Crippen LogP contribution in [0.4, 0.5) is 0 Å². The molecule has 1 aliphatic carbocycles. The molecule has 6 heteroatoms. The van der Waals surface area contributed by atoms with E-state index in [2.05, 4.69) is 18.4 Å². The molecule has 0 spiro atoms. The summed E-state index contributed by atoms with van der Waals surface area (Å²) in [5, 5.41) is 0. The maximum Gasteiger partial charge on any atom is 0.248 e. The van der Waals surface area contributed by atoms with Gasteiger partial charge in [-0.2, -0.15) is 0 Å². The van der Waals surface area contributed by atoms with Crippen LogP contribution >= 0.6 is 0 Å². The highest BCUT2D eigenvalue weighted by atomic mass is 16.5. The lowest BCUT2D eigenvalue weighted by atomic mass is 9.76. The van der Waals surface area contributed by atoms with Crippen LogP contribution in [0, 0.1) is 12.3 Å². The zero-order valence-corrected chi connectivity index (χ0v) is 18.0. The number of carbonyl (C=O) groups is 2. The lowest BCUT2D eigenvalue weighted by Crippen LogP contribution is -2.28. The van der Waals surface area contributed by atoms with E-state index in [0.717, 1.165) is 54.9 Å². The van der Waals surface area contributed by atoms with Crippen molar-refractivity contribution in [2.45, 2.75) is 59.0 Å². The van der Waals surface area contributed by atoms with Crippen molar-refractivity contribution in [2.75, 3.05) is 13.2 Å².